The van der Waals surface area contributed by atoms with Crippen LogP contribution in [0.2, 0.25) is 0 Å². The van der Waals surface area contributed by atoms with Gasteiger partial charge in [0.1, 0.15) is 11.2 Å². The fourth-order valence-electron chi connectivity index (χ4n) is 5.22. The minimum absolute atomic E-state index is 0.0393. The molecule has 1 heterocycles. The van der Waals surface area contributed by atoms with Gasteiger partial charge in [-0.15, -0.1) is 0 Å². The molecule has 2 atom stereocenters. The van der Waals surface area contributed by atoms with Crippen molar-refractivity contribution in [3.05, 3.63) is 71.8 Å². The van der Waals surface area contributed by atoms with Crippen LogP contribution in [0.1, 0.15) is 97.1 Å². The van der Waals surface area contributed by atoms with Crippen LogP contribution in [0.25, 0.3) is 21.9 Å². The number of fused-ring (bicyclic) bond motifs is 3. The van der Waals surface area contributed by atoms with E-state index in [-0.39, 0.29) is 4.32 Å². The number of nitrogens with zero attached hydrogens (tertiary/aromatic N) is 1. The van der Waals surface area contributed by atoms with Crippen molar-refractivity contribution in [1.82, 2.24) is 0 Å². The second-order valence-electron chi connectivity index (χ2n) is 10.9. The van der Waals surface area contributed by atoms with Gasteiger partial charge in [-0.25, -0.2) is 0 Å². The molecule has 0 N–H and O–H groups in total. The van der Waals surface area contributed by atoms with Crippen molar-refractivity contribution in [2.75, 3.05) is 4.90 Å². The van der Waals surface area contributed by atoms with Crippen molar-refractivity contribution in [2.45, 2.75) is 103 Å². The zero-order chi connectivity index (χ0) is 26.4. The Morgan fingerprint density at radius 1 is 0.784 bits per heavy atom. The van der Waals surface area contributed by atoms with Gasteiger partial charge in [0.15, 0.2) is 0 Å². The molecule has 4 aromatic rings. The highest BCUT2D eigenvalue weighted by atomic mass is 79.9. The van der Waals surface area contributed by atoms with E-state index in [0.29, 0.717) is 6.04 Å². The minimum Gasteiger partial charge on any atom is -0.456 e. The number of alkyl halides is 1. The number of halogens is 1. The van der Waals surface area contributed by atoms with Crippen molar-refractivity contribution in [3.63, 3.8) is 0 Å². The van der Waals surface area contributed by atoms with Crippen LogP contribution >= 0.6 is 15.9 Å². The Morgan fingerprint density at radius 2 is 1.41 bits per heavy atom. The quantitative estimate of drug-likeness (QED) is 0.119. The number of rotatable bonds is 13. The third kappa shape index (κ3) is 6.42. The maximum absolute atomic E-state index is 6.23. The first kappa shape index (κ1) is 27.8. The summed E-state index contributed by atoms with van der Waals surface area (Å²) in [5, 5.41) is 2.37. The molecular formula is C34H44BrNO. The molecule has 0 radical (unpaired) electrons. The van der Waals surface area contributed by atoms with Gasteiger partial charge in [-0.3, -0.25) is 0 Å². The molecular weight excluding hydrogens is 518 g/mol. The van der Waals surface area contributed by atoms with E-state index in [1.807, 2.05) is 0 Å². The Balaban J connectivity index is 1.61. The molecule has 2 nitrogen and oxygen atoms in total. The SMILES string of the molecule is CCCCCCCCc1ccc(N(c2ccc3oc4ccc(C(C)(Br)CC)cc4c3c2)C(C)CC)cc1. The summed E-state index contributed by atoms with van der Waals surface area (Å²) in [5.74, 6) is 0. The van der Waals surface area contributed by atoms with E-state index in [0.717, 1.165) is 24.0 Å². The standard InChI is InChI=1S/C34H44BrNO/c1-6-9-10-11-12-13-14-26-15-18-28(19-16-26)36(25(4)7-2)29-20-22-33-31(24-29)30-23-27(34(5,35)8-3)17-21-32(30)37-33/h15-25H,6-14H2,1-5H3. The van der Waals surface area contributed by atoms with Gasteiger partial charge < -0.3 is 9.32 Å². The average molecular weight is 563 g/mol. The summed E-state index contributed by atoms with van der Waals surface area (Å²) in [6.07, 6.45) is 11.3. The Labute approximate surface area is 232 Å². The van der Waals surface area contributed by atoms with E-state index in [1.54, 1.807) is 0 Å². The van der Waals surface area contributed by atoms with Crippen molar-refractivity contribution in [1.29, 1.82) is 0 Å². The second kappa shape index (κ2) is 12.5. The number of anilines is 2. The highest BCUT2D eigenvalue weighted by Gasteiger charge is 2.22. The van der Waals surface area contributed by atoms with Crippen LogP contribution in [0, 0.1) is 0 Å². The largest absolute Gasteiger partial charge is 0.456 e. The van der Waals surface area contributed by atoms with E-state index in [2.05, 4.69) is 116 Å². The summed E-state index contributed by atoms with van der Waals surface area (Å²) in [6, 6.07) is 22.9. The Hall–Kier alpha value is -2.26. The number of benzene rings is 3. The molecule has 0 saturated heterocycles. The lowest BCUT2D eigenvalue weighted by Gasteiger charge is -2.31. The predicted molar refractivity (Wildman–Crippen MR) is 166 cm³/mol. The lowest BCUT2D eigenvalue weighted by Crippen LogP contribution is -2.27. The number of hydrogen-bond acceptors (Lipinski definition) is 2. The molecule has 198 valence electrons. The Morgan fingerprint density at radius 3 is 2.08 bits per heavy atom. The molecule has 1 aromatic heterocycles. The van der Waals surface area contributed by atoms with Crippen LogP contribution in [-0.2, 0) is 10.7 Å². The van der Waals surface area contributed by atoms with E-state index in [1.165, 1.54) is 78.2 Å². The van der Waals surface area contributed by atoms with Gasteiger partial charge in [-0.05, 0) is 93.1 Å². The molecule has 0 saturated carbocycles. The summed E-state index contributed by atoms with van der Waals surface area (Å²) >= 11 is 3.92. The van der Waals surface area contributed by atoms with Gasteiger partial charge in [0.05, 0.1) is 0 Å². The molecule has 3 heteroatoms. The highest BCUT2D eigenvalue weighted by molar-refractivity contribution is 9.09. The maximum atomic E-state index is 6.23. The molecule has 0 spiro atoms. The minimum atomic E-state index is -0.0393. The van der Waals surface area contributed by atoms with Gasteiger partial charge in [-0.2, -0.15) is 0 Å². The fraction of sp³-hybridized carbons (Fsp3) is 0.471. The van der Waals surface area contributed by atoms with Crippen LogP contribution in [0.3, 0.4) is 0 Å². The van der Waals surface area contributed by atoms with Crippen LogP contribution < -0.4 is 4.90 Å². The molecule has 0 aliphatic heterocycles. The normalized spacial score (nSPS) is 14.2. The summed E-state index contributed by atoms with van der Waals surface area (Å²) in [4.78, 5) is 2.48. The molecule has 0 amide bonds. The molecule has 2 unspecified atom stereocenters. The van der Waals surface area contributed by atoms with E-state index < -0.39 is 0 Å². The molecule has 37 heavy (non-hydrogen) atoms. The number of aryl methyl sites for hydroxylation is 1. The lowest BCUT2D eigenvalue weighted by molar-refractivity contribution is 0.607. The van der Waals surface area contributed by atoms with Crippen LogP contribution in [0.15, 0.2) is 65.1 Å². The summed E-state index contributed by atoms with van der Waals surface area (Å²) in [5.41, 5.74) is 7.10. The summed E-state index contributed by atoms with van der Waals surface area (Å²) < 4.78 is 6.19. The van der Waals surface area contributed by atoms with Gasteiger partial charge in [-0.1, -0.05) is 87.0 Å². The molecule has 0 fully saturated rings. The smallest absolute Gasteiger partial charge is 0.135 e. The second-order valence-corrected chi connectivity index (χ2v) is 12.6. The first-order chi connectivity index (χ1) is 17.9. The van der Waals surface area contributed by atoms with Crippen molar-refractivity contribution in [3.8, 4) is 0 Å². The Kier molecular flexibility index (Phi) is 9.40. The predicted octanol–water partition coefficient (Wildman–Crippen LogP) is 11.4. The average Bonchev–Trinajstić information content (AvgIpc) is 3.29. The number of hydrogen-bond donors (Lipinski definition) is 0. The zero-order valence-electron chi connectivity index (χ0n) is 23.4. The van der Waals surface area contributed by atoms with Gasteiger partial charge in [0, 0.05) is 32.5 Å². The van der Waals surface area contributed by atoms with Crippen LogP contribution in [-0.4, -0.2) is 6.04 Å². The van der Waals surface area contributed by atoms with Crippen LogP contribution in [0.4, 0.5) is 11.4 Å². The van der Waals surface area contributed by atoms with Gasteiger partial charge >= 0.3 is 0 Å². The first-order valence-corrected chi connectivity index (χ1v) is 15.2. The van der Waals surface area contributed by atoms with Crippen molar-refractivity contribution in [2.24, 2.45) is 0 Å². The summed E-state index contributed by atoms with van der Waals surface area (Å²) in [6.45, 7) is 11.3. The number of unbranched alkanes of at least 4 members (excludes halogenated alkanes) is 5. The van der Waals surface area contributed by atoms with Crippen molar-refractivity contribution < 1.29 is 4.42 Å². The van der Waals surface area contributed by atoms with Gasteiger partial charge in [0.25, 0.3) is 0 Å². The van der Waals surface area contributed by atoms with Crippen molar-refractivity contribution >= 4 is 49.2 Å². The molecule has 0 aliphatic rings. The van der Waals surface area contributed by atoms with E-state index in [4.69, 9.17) is 4.42 Å². The first-order valence-electron chi connectivity index (χ1n) is 14.4. The van der Waals surface area contributed by atoms with Gasteiger partial charge in [0.2, 0.25) is 0 Å². The topological polar surface area (TPSA) is 16.4 Å². The molecule has 0 bridgehead atoms. The zero-order valence-corrected chi connectivity index (χ0v) is 25.0. The fourth-order valence-corrected chi connectivity index (χ4v) is 5.46. The lowest BCUT2D eigenvalue weighted by atomic mass is 9.96. The maximum Gasteiger partial charge on any atom is 0.135 e. The third-order valence-electron chi connectivity index (χ3n) is 8.06. The number of furan rings is 1. The third-order valence-corrected chi connectivity index (χ3v) is 9.08. The van der Waals surface area contributed by atoms with Crippen LogP contribution in [0.5, 0.6) is 0 Å². The summed E-state index contributed by atoms with van der Waals surface area (Å²) in [7, 11) is 0. The molecule has 0 aliphatic carbocycles. The van der Waals surface area contributed by atoms with E-state index in [9.17, 15) is 0 Å². The molecule has 4 rings (SSSR count). The Bertz CT molecular complexity index is 1290. The van der Waals surface area contributed by atoms with E-state index >= 15 is 0 Å². The highest BCUT2D eigenvalue weighted by Crippen LogP contribution is 2.40. The molecule has 3 aromatic carbocycles. The monoisotopic (exact) mass is 561 g/mol.